The first-order chi connectivity index (χ1) is 11.4. The number of hydrogen-bond donors (Lipinski definition) is 0. The van der Waals surface area contributed by atoms with Gasteiger partial charge in [-0.25, -0.2) is 0 Å². The Morgan fingerprint density at radius 3 is 2.17 bits per heavy atom. The monoisotopic (exact) mass is 334 g/mol. The SMILES string of the molecule is COc1cc(OC)cc(N2CC[C@H](CN=C(N(C)C)N(C)C)C2)c1. The van der Waals surface area contributed by atoms with Gasteiger partial charge in [0.15, 0.2) is 5.96 Å². The lowest BCUT2D eigenvalue weighted by atomic mass is 10.1. The number of hydrogen-bond acceptors (Lipinski definition) is 4. The van der Waals surface area contributed by atoms with Crippen molar-refractivity contribution in [2.75, 3.05) is 66.9 Å². The fourth-order valence-electron chi connectivity index (χ4n) is 3.08. The smallest absolute Gasteiger partial charge is 0.195 e. The van der Waals surface area contributed by atoms with Crippen LogP contribution in [-0.4, -0.2) is 77.8 Å². The summed E-state index contributed by atoms with van der Waals surface area (Å²) in [6.45, 7) is 2.90. The van der Waals surface area contributed by atoms with Crippen molar-refractivity contribution in [3.05, 3.63) is 18.2 Å². The van der Waals surface area contributed by atoms with E-state index in [0.717, 1.165) is 49.2 Å². The van der Waals surface area contributed by atoms with Gasteiger partial charge in [0.05, 0.1) is 14.2 Å². The molecule has 1 aromatic carbocycles. The van der Waals surface area contributed by atoms with Crippen molar-refractivity contribution in [2.45, 2.75) is 6.42 Å². The summed E-state index contributed by atoms with van der Waals surface area (Å²) in [5.74, 6) is 3.23. The van der Waals surface area contributed by atoms with Crippen LogP contribution in [-0.2, 0) is 0 Å². The molecular formula is C18H30N4O2. The molecule has 24 heavy (non-hydrogen) atoms. The normalized spacial score (nSPS) is 16.8. The summed E-state index contributed by atoms with van der Waals surface area (Å²) in [5, 5.41) is 0. The van der Waals surface area contributed by atoms with Crippen molar-refractivity contribution in [3.8, 4) is 11.5 Å². The van der Waals surface area contributed by atoms with Gasteiger partial charge >= 0.3 is 0 Å². The van der Waals surface area contributed by atoms with E-state index < -0.39 is 0 Å². The summed E-state index contributed by atoms with van der Waals surface area (Å²) in [4.78, 5) is 11.3. The third-order valence-corrected chi connectivity index (χ3v) is 4.28. The van der Waals surface area contributed by atoms with E-state index in [9.17, 15) is 0 Å². The van der Waals surface area contributed by atoms with E-state index in [1.54, 1.807) is 14.2 Å². The standard InChI is InChI=1S/C18H30N4O2/c1-20(2)18(21(3)4)19-12-14-7-8-22(13-14)15-9-16(23-5)11-17(10-15)24-6/h9-11,14H,7-8,12-13H2,1-6H3/t14-/m1/s1. The molecule has 0 amide bonds. The van der Waals surface area contributed by atoms with Gasteiger partial charge in [0, 0.05) is 71.7 Å². The second-order valence-corrected chi connectivity index (χ2v) is 6.60. The molecule has 1 saturated heterocycles. The van der Waals surface area contributed by atoms with Crippen LogP contribution in [0.25, 0.3) is 0 Å². The van der Waals surface area contributed by atoms with E-state index in [0.29, 0.717) is 5.92 Å². The summed E-state index contributed by atoms with van der Waals surface area (Å²) in [6.07, 6.45) is 1.15. The molecule has 0 saturated carbocycles. The zero-order valence-corrected chi connectivity index (χ0v) is 15.7. The zero-order chi connectivity index (χ0) is 17.7. The Morgan fingerprint density at radius 2 is 1.67 bits per heavy atom. The second-order valence-electron chi connectivity index (χ2n) is 6.60. The minimum Gasteiger partial charge on any atom is -0.497 e. The van der Waals surface area contributed by atoms with Crippen LogP contribution in [0.3, 0.4) is 0 Å². The van der Waals surface area contributed by atoms with Crippen LogP contribution < -0.4 is 14.4 Å². The molecule has 1 aromatic rings. The second kappa shape index (κ2) is 8.13. The molecule has 1 heterocycles. The van der Waals surface area contributed by atoms with Crippen LogP contribution in [0.5, 0.6) is 11.5 Å². The molecule has 0 aromatic heterocycles. The van der Waals surface area contributed by atoms with E-state index >= 15 is 0 Å². The lowest BCUT2D eigenvalue weighted by Gasteiger charge is -2.23. The Morgan fingerprint density at radius 1 is 1.08 bits per heavy atom. The van der Waals surface area contributed by atoms with E-state index in [-0.39, 0.29) is 0 Å². The maximum atomic E-state index is 5.38. The van der Waals surface area contributed by atoms with Gasteiger partial charge in [-0.1, -0.05) is 0 Å². The first-order valence-corrected chi connectivity index (χ1v) is 8.31. The molecular weight excluding hydrogens is 304 g/mol. The Labute approximate surface area is 145 Å². The molecule has 0 aliphatic carbocycles. The van der Waals surface area contributed by atoms with Gasteiger partial charge in [-0.2, -0.15) is 0 Å². The molecule has 0 N–H and O–H groups in total. The predicted molar refractivity (Wildman–Crippen MR) is 99.5 cm³/mol. The van der Waals surface area contributed by atoms with E-state index in [4.69, 9.17) is 14.5 Å². The number of guanidine groups is 1. The van der Waals surface area contributed by atoms with Crippen molar-refractivity contribution >= 4 is 11.6 Å². The Balaban J connectivity index is 2.04. The molecule has 134 valence electrons. The molecule has 0 unspecified atom stereocenters. The van der Waals surface area contributed by atoms with Crippen LogP contribution in [0.2, 0.25) is 0 Å². The first-order valence-electron chi connectivity index (χ1n) is 8.31. The highest BCUT2D eigenvalue weighted by Gasteiger charge is 2.23. The van der Waals surface area contributed by atoms with Gasteiger partial charge in [0.2, 0.25) is 0 Å². The molecule has 6 heteroatoms. The molecule has 0 radical (unpaired) electrons. The largest absolute Gasteiger partial charge is 0.497 e. The van der Waals surface area contributed by atoms with Crippen LogP contribution >= 0.6 is 0 Å². The van der Waals surface area contributed by atoms with Gasteiger partial charge in [-0.05, 0) is 12.3 Å². The average Bonchev–Trinajstić information content (AvgIpc) is 3.02. The average molecular weight is 334 g/mol. The summed E-state index contributed by atoms with van der Waals surface area (Å²) in [5.41, 5.74) is 1.15. The highest BCUT2D eigenvalue weighted by atomic mass is 16.5. The molecule has 6 nitrogen and oxygen atoms in total. The Hall–Kier alpha value is -2.11. The van der Waals surface area contributed by atoms with Crippen LogP contribution in [0.15, 0.2) is 23.2 Å². The fourth-order valence-corrected chi connectivity index (χ4v) is 3.08. The van der Waals surface area contributed by atoms with E-state index in [1.165, 1.54) is 0 Å². The Bertz CT molecular complexity index is 540. The number of benzene rings is 1. The summed E-state index contributed by atoms with van der Waals surface area (Å²) in [7, 11) is 11.5. The maximum absolute atomic E-state index is 5.38. The van der Waals surface area contributed by atoms with Gasteiger partial charge < -0.3 is 24.2 Å². The fraction of sp³-hybridized carbons (Fsp3) is 0.611. The van der Waals surface area contributed by atoms with Gasteiger partial charge in [0.25, 0.3) is 0 Å². The topological polar surface area (TPSA) is 40.5 Å². The van der Waals surface area contributed by atoms with Crippen LogP contribution in [0.1, 0.15) is 6.42 Å². The minimum absolute atomic E-state index is 0.567. The lowest BCUT2D eigenvalue weighted by molar-refractivity contribution is 0.394. The highest BCUT2D eigenvalue weighted by molar-refractivity contribution is 5.79. The van der Waals surface area contributed by atoms with E-state index in [1.807, 2.05) is 34.3 Å². The summed E-state index contributed by atoms with van der Waals surface area (Å²) < 4.78 is 10.8. The number of aliphatic imine (C=N–C) groups is 1. The molecule has 0 spiro atoms. The molecule has 1 aliphatic rings. The predicted octanol–water partition coefficient (Wildman–Crippen LogP) is 2.01. The number of methoxy groups -OCH3 is 2. The van der Waals surface area contributed by atoms with E-state index in [2.05, 4.69) is 26.8 Å². The van der Waals surface area contributed by atoms with Crippen molar-refractivity contribution in [1.29, 1.82) is 0 Å². The van der Waals surface area contributed by atoms with Crippen LogP contribution in [0.4, 0.5) is 5.69 Å². The third kappa shape index (κ3) is 4.46. The zero-order valence-electron chi connectivity index (χ0n) is 15.7. The van der Waals surface area contributed by atoms with Crippen LogP contribution in [0, 0.1) is 5.92 Å². The minimum atomic E-state index is 0.567. The maximum Gasteiger partial charge on any atom is 0.195 e. The number of ether oxygens (including phenoxy) is 2. The summed E-state index contributed by atoms with van der Waals surface area (Å²) >= 11 is 0. The number of nitrogens with zero attached hydrogens (tertiary/aromatic N) is 4. The quantitative estimate of drug-likeness (QED) is 0.608. The van der Waals surface area contributed by atoms with Crippen molar-refractivity contribution in [1.82, 2.24) is 9.80 Å². The van der Waals surface area contributed by atoms with Gasteiger partial charge in [-0.3, -0.25) is 4.99 Å². The molecule has 1 atom stereocenters. The van der Waals surface area contributed by atoms with Crippen molar-refractivity contribution in [3.63, 3.8) is 0 Å². The third-order valence-electron chi connectivity index (χ3n) is 4.28. The summed E-state index contributed by atoms with van der Waals surface area (Å²) in [6, 6.07) is 6.04. The molecule has 2 rings (SSSR count). The van der Waals surface area contributed by atoms with Crippen molar-refractivity contribution < 1.29 is 9.47 Å². The van der Waals surface area contributed by atoms with Gasteiger partial charge in [-0.15, -0.1) is 0 Å². The van der Waals surface area contributed by atoms with Gasteiger partial charge in [0.1, 0.15) is 11.5 Å². The number of rotatable bonds is 5. The number of anilines is 1. The Kier molecular flexibility index (Phi) is 6.17. The highest BCUT2D eigenvalue weighted by Crippen LogP contribution is 2.31. The molecule has 0 bridgehead atoms. The van der Waals surface area contributed by atoms with Crippen molar-refractivity contribution in [2.24, 2.45) is 10.9 Å². The molecule has 1 aliphatic heterocycles. The lowest BCUT2D eigenvalue weighted by Crippen LogP contribution is -2.36. The first kappa shape index (κ1) is 18.2. The molecule has 1 fully saturated rings.